The fourth-order valence-corrected chi connectivity index (χ4v) is 5.73. The van der Waals surface area contributed by atoms with Crippen LogP contribution < -0.4 is 15.5 Å². The number of H-pyrrole nitrogens is 1. The van der Waals surface area contributed by atoms with Crippen molar-refractivity contribution >= 4 is 29.3 Å². The van der Waals surface area contributed by atoms with Crippen LogP contribution in [-0.4, -0.2) is 68.6 Å². The van der Waals surface area contributed by atoms with Crippen LogP contribution in [0.5, 0.6) is 0 Å². The van der Waals surface area contributed by atoms with Crippen molar-refractivity contribution in [2.75, 3.05) is 11.4 Å². The summed E-state index contributed by atoms with van der Waals surface area (Å²) in [7, 11) is 0. The van der Waals surface area contributed by atoms with Crippen molar-refractivity contribution in [2.45, 2.75) is 77.0 Å². The maximum atomic E-state index is 13.9. The Morgan fingerprint density at radius 3 is 2.73 bits per heavy atom. The summed E-state index contributed by atoms with van der Waals surface area (Å²) in [4.78, 5) is 56.5. The second-order valence-corrected chi connectivity index (χ2v) is 10.2. The van der Waals surface area contributed by atoms with E-state index in [4.69, 9.17) is 0 Å². The first-order valence-electron chi connectivity index (χ1n) is 13.0. The van der Waals surface area contributed by atoms with Gasteiger partial charge in [0.25, 0.3) is 0 Å². The molecule has 4 amide bonds. The molecule has 2 aromatic rings. The van der Waals surface area contributed by atoms with Gasteiger partial charge in [-0.1, -0.05) is 38.5 Å². The van der Waals surface area contributed by atoms with E-state index in [0.29, 0.717) is 37.9 Å². The second kappa shape index (κ2) is 10.3. The number of para-hydroxylation sites is 1. The summed E-state index contributed by atoms with van der Waals surface area (Å²) in [6.45, 7) is 4.70. The molecule has 0 radical (unpaired) electrons. The third-order valence-corrected chi connectivity index (χ3v) is 7.83. The number of carbonyl (C=O) groups is 4. The van der Waals surface area contributed by atoms with Crippen molar-refractivity contribution < 1.29 is 19.2 Å². The van der Waals surface area contributed by atoms with Gasteiger partial charge in [-0.2, -0.15) is 15.4 Å². The molecule has 0 aliphatic carbocycles. The Bertz CT molecular complexity index is 1200. The fourth-order valence-electron chi connectivity index (χ4n) is 5.73. The van der Waals surface area contributed by atoms with E-state index in [0.717, 1.165) is 29.7 Å². The molecule has 196 valence electrons. The number of hydrogen-bond acceptors (Lipinski definition) is 6. The van der Waals surface area contributed by atoms with Gasteiger partial charge in [-0.15, -0.1) is 0 Å². The first-order chi connectivity index (χ1) is 17.9. The number of aromatic amines is 1. The van der Waals surface area contributed by atoms with E-state index >= 15 is 0 Å². The summed E-state index contributed by atoms with van der Waals surface area (Å²) < 4.78 is 0. The van der Waals surface area contributed by atoms with Crippen molar-refractivity contribution in [2.24, 2.45) is 5.92 Å². The molecule has 3 aliphatic rings. The second-order valence-electron chi connectivity index (χ2n) is 10.2. The number of anilines is 1. The number of carbonyl (C=O) groups excluding carboxylic acids is 4. The van der Waals surface area contributed by atoms with E-state index in [1.165, 1.54) is 6.20 Å². The summed E-state index contributed by atoms with van der Waals surface area (Å²) in [6.07, 6.45) is 4.86. The maximum Gasteiger partial charge on any atom is 0.250 e. The Hall–Kier alpha value is -3.76. The Labute approximate surface area is 215 Å². The third kappa shape index (κ3) is 4.70. The molecular formula is C26H33N7O4. The molecule has 11 heteroatoms. The molecule has 3 N–H and O–H groups in total. The first-order valence-corrected chi connectivity index (χ1v) is 13.0. The average molecular weight is 508 g/mol. The molecule has 1 saturated heterocycles. The van der Waals surface area contributed by atoms with Gasteiger partial charge in [-0.05, 0) is 36.3 Å². The lowest BCUT2D eigenvalue weighted by molar-refractivity contribution is -0.140. The summed E-state index contributed by atoms with van der Waals surface area (Å²) in [5.74, 6) is -0.957. The summed E-state index contributed by atoms with van der Waals surface area (Å²) in [6, 6.07) is 3.74. The highest BCUT2D eigenvalue weighted by Crippen LogP contribution is 2.39. The minimum atomic E-state index is -0.791. The van der Waals surface area contributed by atoms with Gasteiger partial charge in [0, 0.05) is 19.4 Å². The van der Waals surface area contributed by atoms with Crippen LogP contribution in [0.25, 0.3) is 0 Å². The van der Waals surface area contributed by atoms with E-state index in [-0.39, 0.29) is 36.1 Å². The summed E-state index contributed by atoms with van der Waals surface area (Å²) in [5.41, 5.74) is 3.30. The normalized spacial score (nSPS) is 22.4. The van der Waals surface area contributed by atoms with Gasteiger partial charge < -0.3 is 15.5 Å². The molecule has 3 aliphatic heterocycles. The van der Waals surface area contributed by atoms with Crippen molar-refractivity contribution in [3.8, 4) is 0 Å². The van der Waals surface area contributed by atoms with E-state index in [2.05, 4.69) is 26.0 Å². The standard InChI is InChI=1S/C26H33N7O4/c1-3-15(2)22(32-11-5-8-21(32)34)25(36)29-19-10-9-16-6-4-7-17-12-20(33(23(16)17)26(19)37)24(35)27-13-18-14-28-31-30-18/h4,6-7,14-15,19-20,22H,3,5,8-13H2,1-2H3,(H,27,35)(H,29,36)(H,28,30,31)/t15-,19?,20?,22-/m0/s1. The van der Waals surface area contributed by atoms with E-state index < -0.39 is 18.1 Å². The van der Waals surface area contributed by atoms with Crippen molar-refractivity contribution in [3.63, 3.8) is 0 Å². The lowest BCUT2D eigenvalue weighted by Gasteiger charge is -2.33. The molecule has 1 aromatic heterocycles. The molecule has 4 atom stereocenters. The molecule has 1 aromatic carbocycles. The predicted octanol–water partition coefficient (Wildman–Crippen LogP) is 0.847. The smallest absolute Gasteiger partial charge is 0.250 e. The topological polar surface area (TPSA) is 140 Å². The first kappa shape index (κ1) is 24.9. The number of aromatic nitrogens is 3. The number of benzene rings is 1. The number of likely N-dealkylation sites (tertiary alicyclic amines) is 1. The highest BCUT2D eigenvalue weighted by Gasteiger charge is 2.45. The van der Waals surface area contributed by atoms with Crippen molar-refractivity contribution in [1.82, 2.24) is 30.9 Å². The quantitative estimate of drug-likeness (QED) is 0.484. The Kier molecular flexibility index (Phi) is 6.94. The molecule has 11 nitrogen and oxygen atoms in total. The zero-order valence-electron chi connectivity index (χ0n) is 21.2. The van der Waals surface area contributed by atoms with E-state index in [1.54, 1.807) is 9.80 Å². The van der Waals surface area contributed by atoms with Crippen LogP contribution in [0.15, 0.2) is 24.4 Å². The van der Waals surface area contributed by atoms with Crippen LogP contribution in [0.1, 0.15) is 56.4 Å². The van der Waals surface area contributed by atoms with Gasteiger partial charge in [-0.3, -0.25) is 24.1 Å². The molecule has 1 fully saturated rings. The van der Waals surface area contributed by atoms with Gasteiger partial charge in [-0.25, -0.2) is 0 Å². The monoisotopic (exact) mass is 507 g/mol. The molecule has 0 bridgehead atoms. The van der Waals surface area contributed by atoms with Crippen LogP contribution in [-0.2, 0) is 38.6 Å². The number of rotatable bonds is 8. The van der Waals surface area contributed by atoms with E-state index in [1.807, 2.05) is 32.0 Å². The van der Waals surface area contributed by atoms with Crippen LogP contribution in [0.3, 0.4) is 0 Å². The Balaban J connectivity index is 1.38. The highest BCUT2D eigenvalue weighted by molar-refractivity contribution is 6.08. The van der Waals surface area contributed by atoms with Crippen LogP contribution in [0.4, 0.5) is 5.69 Å². The largest absolute Gasteiger partial charge is 0.348 e. The molecule has 4 heterocycles. The summed E-state index contributed by atoms with van der Waals surface area (Å²) in [5, 5.41) is 16.1. The molecule has 37 heavy (non-hydrogen) atoms. The molecule has 5 rings (SSSR count). The predicted molar refractivity (Wildman–Crippen MR) is 134 cm³/mol. The number of nitrogens with zero attached hydrogens (tertiary/aromatic N) is 4. The van der Waals surface area contributed by atoms with Gasteiger partial charge >= 0.3 is 0 Å². The van der Waals surface area contributed by atoms with Crippen LogP contribution in [0, 0.1) is 5.92 Å². The molecule has 2 unspecified atom stereocenters. The van der Waals surface area contributed by atoms with Gasteiger partial charge in [0.2, 0.25) is 23.6 Å². The Morgan fingerprint density at radius 2 is 2.03 bits per heavy atom. The molecule has 0 saturated carbocycles. The van der Waals surface area contributed by atoms with Crippen LogP contribution >= 0.6 is 0 Å². The highest BCUT2D eigenvalue weighted by atomic mass is 16.2. The third-order valence-electron chi connectivity index (χ3n) is 7.83. The van der Waals surface area contributed by atoms with Gasteiger partial charge in [0.1, 0.15) is 23.8 Å². The number of aryl methyl sites for hydroxylation is 1. The summed E-state index contributed by atoms with van der Waals surface area (Å²) >= 11 is 0. The van der Waals surface area contributed by atoms with Crippen LogP contribution in [0.2, 0.25) is 0 Å². The van der Waals surface area contributed by atoms with Gasteiger partial charge in [0.05, 0.1) is 18.4 Å². The zero-order chi connectivity index (χ0) is 26.1. The SMILES string of the molecule is CC[C@H](C)[C@@H](C(=O)NC1CCc2cccc3c2N(C1=O)C(C(=O)NCc1cn[nH]n1)C3)N1CCCC1=O. The lowest BCUT2D eigenvalue weighted by Crippen LogP contribution is -2.58. The Morgan fingerprint density at radius 1 is 1.22 bits per heavy atom. The average Bonchev–Trinajstić information content (AvgIpc) is 3.63. The lowest BCUT2D eigenvalue weighted by atomic mass is 9.96. The van der Waals surface area contributed by atoms with Crippen molar-refractivity contribution in [1.29, 1.82) is 0 Å². The molecule has 0 spiro atoms. The number of amides is 4. The minimum absolute atomic E-state index is 0.0203. The number of nitrogens with one attached hydrogen (secondary N) is 3. The zero-order valence-corrected chi connectivity index (χ0v) is 21.2. The minimum Gasteiger partial charge on any atom is -0.348 e. The van der Waals surface area contributed by atoms with Crippen molar-refractivity contribution in [3.05, 3.63) is 41.2 Å². The number of hydrogen-bond donors (Lipinski definition) is 3. The van der Waals surface area contributed by atoms with Gasteiger partial charge in [0.15, 0.2) is 0 Å². The van der Waals surface area contributed by atoms with E-state index in [9.17, 15) is 19.2 Å². The molecular weight excluding hydrogens is 474 g/mol. The fraction of sp³-hybridized carbons (Fsp3) is 0.538. The maximum absolute atomic E-state index is 13.9.